The van der Waals surface area contributed by atoms with E-state index in [1.54, 1.807) is 20.8 Å². The SMILES string of the molecule is CCCCCCCCCCC/C=C/CCCCCCCCC[N+](CCC(C)C(=O)O)(CCC(C)C(=O)O)CCC(C)C(=O)O. The highest BCUT2D eigenvalue weighted by Crippen LogP contribution is 2.22. The standard InChI is InChI=1S/C37H69NO6/c1-5-6-7-8-9-10-11-12-13-14-15-16-17-18-19-20-21-22-23-24-28-38(29-25-32(2)35(39)40,30-26-33(3)36(41)42)31-27-34(4)37(43)44/h15-16,32-34H,5-14,17-31H2,1-4H3,(H2-,39,40,41,42,43,44)/p+1/b16-15+. The predicted molar refractivity (Wildman–Crippen MR) is 182 cm³/mol. The van der Waals surface area contributed by atoms with Gasteiger partial charge in [0.25, 0.3) is 0 Å². The maximum Gasteiger partial charge on any atom is 0.306 e. The number of carboxylic acid groups (broad SMARTS) is 3. The summed E-state index contributed by atoms with van der Waals surface area (Å²) in [6.45, 7) is 10.2. The highest BCUT2D eigenvalue weighted by molar-refractivity contribution is 5.70. The van der Waals surface area contributed by atoms with Gasteiger partial charge in [-0.15, -0.1) is 0 Å². The molecule has 7 heteroatoms. The van der Waals surface area contributed by atoms with Gasteiger partial charge in [-0.2, -0.15) is 0 Å². The van der Waals surface area contributed by atoms with Gasteiger partial charge in [-0.05, 0) is 38.5 Å². The first kappa shape index (κ1) is 42.1. The third kappa shape index (κ3) is 23.5. The number of hydrogen-bond acceptors (Lipinski definition) is 3. The summed E-state index contributed by atoms with van der Waals surface area (Å²) in [6.07, 6.45) is 29.3. The van der Waals surface area contributed by atoms with E-state index >= 15 is 0 Å². The molecule has 258 valence electrons. The Morgan fingerprint density at radius 3 is 1.09 bits per heavy atom. The van der Waals surface area contributed by atoms with Crippen molar-refractivity contribution in [2.45, 2.75) is 163 Å². The molecular weight excluding hydrogens is 554 g/mol. The second kappa shape index (κ2) is 27.4. The van der Waals surface area contributed by atoms with Gasteiger partial charge in [0.1, 0.15) is 0 Å². The largest absolute Gasteiger partial charge is 0.481 e. The molecular formula is C37H70NO6+. The number of carbonyl (C=O) groups is 3. The number of rotatable bonds is 32. The molecule has 3 N–H and O–H groups in total. The Labute approximate surface area is 270 Å². The third-order valence-electron chi connectivity index (χ3n) is 9.52. The van der Waals surface area contributed by atoms with Crippen LogP contribution in [0.2, 0.25) is 0 Å². The smallest absolute Gasteiger partial charge is 0.306 e. The van der Waals surface area contributed by atoms with E-state index in [4.69, 9.17) is 0 Å². The number of nitrogens with zero attached hydrogens (tertiary/aromatic N) is 1. The Balaban J connectivity index is 4.42. The van der Waals surface area contributed by atoms with Crippen LogP contribution in [0, 0.1) is 17.8 Å². The number of aliphatic carboxylic acids is 3. The molecule has 3 atom stereocenters. The van der Waals surface area contributed by atoms with E-state index in [0.717, 1.165) is 25.8 Å². The Hall–Kier alpha value is -1.89. The fraction of sp³-hybridized carbons (Fsp3) is 0.865. The molecule has 0 spiro atoms. The zero-order chi connectivity index (χ0) is 33.1. The second-order valence-electron chi connectivity index (χ2n) is 13.7. The predicted octanol–water partition coefficient (Wildman–Crippen LogP) is 9.73. The molecule has 0 aliphatic heterocycles. The van der Waals surface area contributed by atoms with Crippen molar-refractivity contribution in [3.8, 4) is 0 Å². The molecule has 0 amide bonds. The minimum atomic E-state index is -0.824. The molecule has 0 heterocycles. The van der Waals surface area contributed by atoms with E-state index < -0.39 is 35.7 Å². The van der Waals surface area contributed by atoms with Crippen molar-refractivity contribution in [2.24, 2.45) is 17.8 Å². The van der Waals surface area contributed by atoms with Crippen LogP contribution in [0.3, 0.4) is 0 Å². The van der Waals surface area contributed by atoms with Gasteiger partial charge in [0.05, 0.1) is 43.9 Å². The van der Waals surface area contributed by atoms with Crippen LogP contribution in [0.1, 0.15) is 163 Å². The monoisotopic (exact) mass is 625 g/mol. The van der Waals surface area contributed by atoms with E-state index in [0.29, 0.717) is 43.4 Å². The molecule has 0 aromatic carbocycles. The van der Waals surface area contributed by atoms with E-state index in [1.807, 2.05) is 0 Å². The first-order valence-corrected chi connectivity index (χ1v) is 18.2. The van der Waals surface area contributed by atoms with Crippen molar-refractivity contribution < 1.29 is 34.2 Å². The summed E-state index contributed by atoms with van der Waals surface area (Å²) in [5.74, 6) is -3.91. The molecule has 7 nitrogen and oxygen atoms in total. The lowest BCUT2D eigenvalue weighted by Gasteiger charge is -2.40. The molecule has 0 aromatic rings. The van der Waals surface area contributed by atoms with Gasteiger partial charge < -0.3 is 19.8 Å². The summed E-state index contributed by atoms with van der Waals surface area (Å²) >= 11 is 0. The number of quaternary nitrogens is 1. The molecule has 0 saturated heterocycles. The summed E-state index contributed by atoms with van der Waals surface area (Å²) in [7, 11) is 0. The Kier molecular flexibility index (Phi) is 26.2. The lowest BCUT2D eigenvalue weighted by molar-refractivity contribution is -0.929. The first-order valence-electron chi connectivity index (χ1n) is 18.2. The van der Waals surface area contributed by atoms with Gasteiger partial charge in [0, 0.05) is 19.3 Å². The summed E-state index contributed by atoms with van der Waals surface area (Å²) in [4.78, 5) is 34.5. The molecule has 3 unspecified atom stereocenters. The Bertz CT molecular complexity index is 707. The fourth-order valence-corrected chi connectivity index (χ4v) is 5.85. The zero-order valence-corrected chi connectivity index (χ0v) is 29.1. The lowest BCUT2D eigenvalue weighted by Crippen LogP contribution is -2.52. The molecule has 44 heavy (non-hydrogen) atoms. The summed E-state index contributed by atoms with van der Waals surface area (Å²) in [5, 5.41) is 28.3. The minimum Gasteiger partial charge on any atom is -0.481 e. The van der Waals surface area contributed by atoms with Gasteiger partial charge in [0.15, 0.2) is 0 Å². The van der Waals surface area contributed by atoms with Gasteiger partial charge in [0.2, 0.25) is 0 Å². The highest BCUT2D eigenvalue weighted by atomic mass is 16.4. The number of allylic oxidation sites excluding steroid dienone is 2. The molecule has 0 aliphatic carbocycles. The summed E-state index contributed by atoms with van der Waals surface area (Å²) in [5.41, 5.74) is 0. The van der Waals surface area contributed by atoms with Crippen LogP contribution in [0.15, 0.2) is 12.2 Å². The van der Waals surface area contributed by atoms with Crippen molar-refractivity contribution >= 4 is 17.9 Å². The minimum absolute atomic E-state index is 0.481. The van der Waals surface area contributed by atoms with Crippen molar-refractivity contribution in [1.82, 2.24) is 0 Å². The third-order valence-corrected chi connectivity index (χ3v) is 9.52. The van der Waals surface area contributed by atoms with Crippen molar-refractivity contribution in [3.05, 3.63) is 12.2 Å². The van der Waals surface area contributed by atoms with Crippen LogP contribution in [0.4, 0.5) is 0 Å². The molecule has 0 radical (unpaired) electrons. The summed E-state index contributed by atoms with van der Waals surface area (Å²) < 4.78 is 0.609. The zero-order valence-electron chi connectivity index (χ0n) is 29.1. The number of unbranched alkanes of at least 4 members (excludes halogenated alkanes) is 16. The normalized spacial score (nSPS) is 15.2. The van der Waals surface area contributed by atoms with Crippen molar-refractivity contribution in [3.63, 3.8) is 0 Å². The quantitative estimate of drug-likeness (QED) is 0.0390. The van der Waals surface area contributed by atoms with Crippen LogP contribution < -0.4 is 0 Å². The number of hydrogen-bond donors (Lipinski definition) is 3. The Morgan fingerprint density at radius 2 is 0.773 bits per heavy atom. The van der Waals surface area contributed by atoms with Crippen LogP contribution in [-0.4, -0.2) is 63.9 Å². The molecule has 0 fully saturated rings. The topological polar surface area (TPSA) is 112 Å². The molecule has 0 bridgehead atoms. The summed E-state index contributed by atoms with van der Waals surface area (Å²) in [6, 6.07) is 0. The lowest BCUT2D eigenvalue weighted by atomic mass is 10.0. The van der Waals surface area contributed by atoms with Crippen LogP contribution in [-0.2, 0) is 14.4 Å². The average molecular weight is 625 g/mol. The molecule has 0 rings (SSSR count). The Morgan fingerprint density at radius 1 is 0.477 bits per heavy atom. The second-order valence-corrected chi connectivity index (χ2v) is 13.7. The van der Waals surface area contributed by atoms with Crippen molar-refractivity contribution in [1.29, 1.82) is 0 Å². The maximum absolute atomic E-state index is 11.5. The highest BCUT2D eigenvalue weighted by Gasteiger charge is 2.31. The van der Waals surface area contributed by atoms with Crippen LogP contribution in [0.5, 0.6) is 0 Å². The van der Waals surface area contributed by atoms with E-state index in [2.05, 4.69) is 19.1 Å². The van der Waals surface area contributed by atoms with E-state index in [9.17, 15) is 29.7 Å². The van der Waals surface area contributed by atoms with E-state index in [-0.39, 0.29) is 0 Å². The fourth-order valence-electron chi connectivity index (χ4n) is 5.85. The van der Waals surface area contributed by atoms with Crippen LogP contribution in [0.25, 0.3) is 0 Å². The average Bonchev–Trinajstić information content (AvgIpc) is 2.99. The van der Waals surface area contributed by atoms with Crippen molar-refractivity contribution in [2.75, 3.05) is 26.2 Å². The first-order chi connectivity index (χ1) is 21.0. The maximum atomic E-state index is 11.5. The molecule has 0 aliphatic rings. The van der Waals surface area contributed by atoms with Gasteiger partial charge in [-0.3, -0.25) is 14.4 Å². The van der Waals surface area contributed by atoms with Gasteiger partial charge in [-0.1, -0.05) is 117 Å². The number of carboxylic acids is 3. The van der Waals surface area contributed by atoms with Gasteiger partial charge >= 0.3 is 17.9 Å². The molecule has 0 saturated carbocycles. The van der Waals surface area contributed by atoms with Gasteiger partial charge in [-0.25, -0.2) is 0 Å². The van der Waals surface area contributed by atoms with E-state index in [1.165, 1.54) is 96.3 Å². The molecule has 0 aromatic heterocycles. The van der Waals surface area contributed by atoms with Crippen LogP contribution >= 0.6 is 0 Å².